The number of nitrogen functional groups attached to an aromatic ring is 1. The lowest BCUT2D eigenvalue weighted by molar-refractivity contribution is 0.423. The quantitative estimate of drug-likeness (QED) is 0.898. The van der Waals surface area contributed by atoms with E-state index in [2.05, 4.69) is 19.0 Å². The van der Waals surface area contributed by atoms with Crippen LogP contribution >= 0.6 is 0 Å². The molecule has 1 aromatic heterocycles. The summed E-state index contributed by atoms with van der Waals surface area (Å²) in [6.45, 7) is 4.31. The van der Waals surface area contributed by atoms with E-state index in [1.165, 1.54) is 12.1 Å². The second kappa shape index (κ2) is 5.21. The fraction of sp³-hybridized carbons (Fsp3) is 0.357. The van der Waals surface area contributed by atoms with Crippen LogP contribution in [0.3, 0.4) is 0 Å². The predicted octanol–water partition coefficient (Wildman–Crippen LogP) is 3.65. The van der Waals surface area contributed by atoms with Crippen molar-refractivity contribution in [2.75, 3.05) is 5.73 Å². The topological polar surface area (TPSA) is 52.0 Å². The molecule has 0 aliphatic carbocycles. The maximum atomic E-state index is 12.9. The molecule has 96 valence electrons. The van der Waals surface area contributed by atoms with Gasteiger partial charge in [-0.25, -0.2) is 4.39 Å². The molecule has 0 bridgehead atoms. The summed E-state index contributed by atoms with van der Waals surface area (Å²) in [7, 11) is 0. The lowest BCUT2D eigenvalue weighted by Gasteiger charge is -2.04. The maximum absolute atomic E-state index is 12.9. The van der Waals surface area contributed by atoms with Crippen molar-refractivity contribution < 1.29 is 8.91 Å². The first kappa shape index (κ1) is 12.6. The van der Waals surface area contributed by atoms with Crippen LogP contribution in [-0.2, 0) is 6.42 Å². The van der Waals surface area contributed by atoms with Crippen molar-refractivity contribution in [3.8, 4) is 11.1 Å². The first-order chi connectivity index (χ1) is 8.58. The summed E-state index contributed by atoms with van der Waals surface area (Å²) in [6, 6.07) is 6.20. The van der Waals surface area contributed by atoms with E-state index in [9.17, 15) is 4.39 Å². The molecule has 1 aromatic carbocycles. The molecule has 0 saturated heterocycles. The van der Waals surface area contributed by atoms with Crippen molar-refractivity contribution in [2.45, 2.75) is 26.7 Å². The van der Waals surface area contributed by atoms with Crippen molar-refractivity contribution in [1.29, 1.82) is 0 Å². The van der Waals surface area contributed by atoms with Gasteiger partial charge in [0.15, 0.2) is 0 Å². The molecular formula is C14H17FN2O. The molecular weight excluding hydrogens is 231 g/mol. The average molecular weight is 248 g/mol. The van der Waals surface area contributed by atoms with Gasteiger partial charge in [-0.15, -0.1) is 0 Å². The zero-order valence-electron chi connectivity index (χ0n) is 10.6. The largest absolute Gasteiger partial charge is 0.367 e. The third-order valence-electron chi connectivity index (χ3n) is 2.88. The Kier molecular flexibility index (Phi) is 3.65. The number of benzene rings is 1. The molecule has 0 atom stereocenters. The predicted molar refractivity (Wildman–Crippen MR) is 69.5 cm³/mol. The van der Waals surface area contributed by atoms with E-state index in [0.29, 0.717) is 11.8 Å². The number of halogens is 1. The zero-order valence-corrected chi connectivity index (χ0v) is 10.6. The standard InChI is InChI=1S/C14H17FN2O/c1-9(2)3-8-12-13(14(16)18-17-12)10-4-6-11(15)7-5-10/h4-7,9H,3,8,16H2,1-2H3. The maximum Gasteiger partial charge on any atom is 0.230 e. The van der Waals surface area contributed by atoms with Gasteiger partial charge >= 0.3 is 0 Å². The van der Waals surface area contributed by atoms with Crippen LogP contribution in [-0.4, -0.2) is 5.16 Å². The molecule has 2 N–H and O–H groups in total. The number of nitrogens with zero attached hydrogens (tertiary/aromatic N) is 1. The Labute approximate surface area is 106 Å². The van der Waals surface area contributed by atoms with E-state index in [0.717, 1.165) is 29.7 Å². The molecule has 3 nitrogen and oxygen atoms in total. The first-order valence-corrected chi connectivity index (χ1v) is 6.08. The number of aromatic nitrogens is 1. The van der Waals surface area contributed by atoms with Crippen LogP contribution in [0.4, 0.5) is 10.3 Å². The van der Waals surface area contributed by atoms with Gasteiger partial charge in [0.1, 0.15) is 5.82 Å². The fourth-order valence-corrected chi connectivity index (χ4v) is 1.86. The van der Waals surface area contributed by atoms with Crippen molar-refractivity contribution in [2.24, 2.45) is 5.92 Å². The first-order valence-electron chi connectivity index (χ1n) is 6.08. The third kappa shape index (κ3) is 2.70. The van der Waals surface area contributed by atoms with Crippen molar-refractivity contribution in [3.05, 3.63) is 35.8 Å². The lowest BCUT2D eigenvalue weighted by atomic mass is 10.00. The van der Waals surface area contributed by atoms with Gasteiger partial charge in [0.2, 0.25) is 5.88 Å². The van der Waals surface area contributed by atoms with Gasteiger partial charge in [-0.3, -0.25) is 0 Å². The number of hydrogen-bond acceptors (Lipinski definition) is 3. The molecule has 2 rings (SSSR count). The lowest BCUT2D eigenvalue weighted by Crippen LogP contribution is -1.95. The second-order valence-electron chi connectivity index (χ2n) is 4.81. The van der Waals surface area contributed by atoms with Gasteiger partial charge in [-0.05, 0) is 36.5 Å². The van der Waals surface area contributed by atoms with Gasteiger partial charge in [-0.1, -0.05) is 31.1 Å². The van der Waals surface area contributed by atoms with Gasteiger partial charge in [0, 0.05) is 0 Å². The van der Waals surface area contributed by atoms with E-state index in [1.54, 1.807) is 12.1 Å². The Bertz CT molecular complexity index is 517. The molecule has 0 spiro atoms. The van der Waals surface area contributed by atoms with Crippen LogP contribution in [0.1, 0.15) is 26.0 Å². The molecule has 2 aromatic rings. The smallest absolute Gasteiger partial charge is 0.230 e. The Balaban J connectivity index is 2.31. The van der Waals surface area contributed by atoms with E-state index >= 15 is 0 Å². The SMILES string of the molecule is CC(C)CCc1noc(N)c1-c1ccc(F)cc1. The number of rotatable bonds is 4. The zero-order chi connectivity index (χ0) is 13.1. The Morgan fingerprint density at radius 2 is 1.94 bits per heavy atom. The van der Waals surface area contributed by atoms with Crippen LogP contribution in [0.15, 0.2) is 28.8 Å². The summed E-state index contributed by atoms with van der Waals surface area (Å²) in [5, 5.41) is 3.99. The monoisotopic (exact) mass is 248 g/mol. The summed E-state index contributed by atoms with van der Waals surface area (Å²) in [5.41, 5.74) is 8.26. The highest BCUT2D eigenvalue weighted by molar-refractivity contribution is 5.74. The van der Waals surface area contributed by atoms with Crippen LogP contribution < -0.4 is 5.73 Å². The van der Waals surface area contributed by atoms with E-state index in [4.69, 9.17) is 10.3 Å². The van der Waals surface area contributed by atoms with Crippen LogP contribution in [0, 0.1) is 11.7 Å². The van der Waals surface area contributed by atoms with Gasteiger partial charge in [-0.2, -0.15) is 0 Å². The van der Waals surface area contributed by atoms with Crippen molar-refractivity contribution in [3.63, 3.8) is 0 Å². The second-order valence-corrected chi connectivity index (χ2v) is 4.81. The molecule has 0 fully saturated rings. The minimum atomic E-state index is -0.266. The van der Waals surface area contributed by atoms with Crippen LogP contribution in [0.25, 0.3) is 11.1 Å². The molecule has 0 unspecified atom stereocenters. The minimum Gasteiger partial charge on any atom is -0.367 e. The summed E-state index contributed by atoms with van der Waals surface area (Å²) in [5.74, 6) is 0.613. The highest BCUT2D eigenvalue weighted by atomic mass is 19.1. The van der Waals surface area contributed by atoms with Crippen LogP contribution in [0.2, 0.25) is 0 Å². The summed E-state index contributed by atoms with van der Waals surface area (Å²) >= 11 is 0. The summed E-state index contributed by atoms with van der Waals surface area (Å²) in [6.07, 6.45) is 1.82. The summed E-state index contributed by atoms with van der Waals surface area (Å²) < 4.78 is 18.0. The third-order valence-corrected chi connectivity index (χ3v) is 2.88. The normalized spacial score (nSPS) is 11.1. The number of nitrogens with two attached hydrogens (primary N) is 1. The Hall–Kier alpha value is -1.84. The van der Waals surface area contributed by atoms with Gasteiger partial charge < -0.3 is 10.3 Å². The number of hydrogen-bond donors (Lipinski definition) is 1. The number of anilines is 1. The fourth-order valence-electron chi connectivity index (χ4n) is 1.86. The summed E-state index contributed by atoms with van der Waals surface area (Å²) in [4.78, 5) is 0. The minimum absolute atomic E-state index is 0.266. The molecule has 0 aliphatic rings. The van der Waals surface area contributed by atoms with Gasteiger partial charge in [0.25, 0.3) is 0 Å². The molecule has 0 saturated carbocycles. The Morgan fingerprint density at radius 3 is 2.56 bits per heavy atom. The molecule has 0 radical (unpaired) electrons. The molecule has 0 aliphatic heterocycles. The molecule has 4 heteroatoms. The van der Waals surface area contributed by atoms with E-state index < -0.39 is 0 Å². The Morgan fingerprint density at radius 1 is 1.28 bits per heavy atom. The van der Waals surface area contributed by atoms with Crippen molar-refractivity contribution >= 4 is 5.88 Å². The van der Waals surface area contributed by atoms with Crippen LogP contribution in [0.5, 0.6) is 0 Å². The highest BCUT2D eigenvalue weighted by Crippen LogP contribution is 2.30. The van der Waals surface area contributed by atoms with E-state index in [1.807, 2.05) is 0 Å². The average Bonchev–Trinajstić information content (AvgIpc) is 2.69. The highest BCUT2D eigenvalue weighted by Gasteiger charge is 2.15. The molecule has 18 heavy (non-hydrogen) atoms. The molecule has 0 amide bonds. The number of aryl methyl sites for hydroxylation is 1. The van der Waals surface area contributed by atoms with E-state index in [-0.39, 0.29) is 5.82 Å². The van der Waals surface area contributed by atoms with Crippen molar-refractivity contribution in [1.82, 2.24) is 5.16 Å². The van der Waals surface area contributed by atoms with Gasteiger partial charge in [0.05, 0.1) is 11.3 Å². The molecule has 1 heterocycles.